The number of Topliss-reactive ketones (excluding diaryl/α,β-unsaturated/α-hetero) is 1. The smallest absolute Gasteiger partial charge is 0.163 e. The van der Waals surface area contributed by atoms with E-state index >= 15 is 0 Å². The molecule has 0 aromatic heterocycles. The molecule has 0 atom stereocenters. The van der Waals surface area contributed by atoms with Crippen LogP contribution in [-0.2, 0) is 6.42 Å². The minimum atomic E-state index is 0.295. The summed E-state index contributed by atoms with van der Waals surface area (Å²) in [6.07, 6.45) is 2.70. The summed E-state index contributed by atoms with van der Waals surface area (Å²) in [5.74, 6) is 0.295. The highest BCUT2D eigenvalue weighted by Gasteiger charge is 2.19. The fourth-order valence-corrected chi connectivity index (χ4v) is 2.57. The minimum absolute atomic E-state index is 0.295. The van der Waals surface area contributed by atoms with Gasteiger partial charge in [0, 0.05) is 12.0 Å². The summed E-state index contributed by atoms with van der Waals surface area (Å²) in [5.41, 5.74) is 4.59. The first kappa shape index (κ1) is 10.3. The van der Waals surface area contributed by atoms with Gasteiger partial charge in [0.05, 0.1) is 0 Å². The van der Waals surface area contributed by atoms with E-state index in [1.54, 1.807) is 0 Å². The van der Waals surface area contributed by atoms with Crippen molar-refractivity contribution in [3.05, 3.63) is 59.7 Å². The SMILES string of the molecule is O=C1CCCc2c1cccc2-c1ccccc1. The first-order valence-corrected chi connectivity index (χ1v) is 6.07. The zero-order chi connectivity index (χ0) is 11.7. The molecule has 3 rings (SSSR count). The molecule has 0 amide bonds. The van der Waals surface area contributed by atoms with Crippen LogP contribution >= 0.6 is 0 Å². The van der Waals surface area contributed by atoms with Crippen LogP contribution in [0.25, 0.3) is 11.1 Å². The zero-order valence-corrected chi connectivity index (χ0v) is 9.65. The lowest BCUT2D eigenvalue weighted by Crippen LogP contribution is -2.11. The van der Waals surface area contributed by atoms with Gasteiger partial charge in [0.25, 0.3) is 0 Å². The highest BCUT2D eigenvalue weighted by molar-refractivity contribution is 6.00. The van der Waals surface area contributed by atoms with E-state index in [9.17, 15) is 4.79 Å². The van der Waals surface area contributed by atoms with Crippen molar-refractivity contribution in [2.45, 2.75) is 19.3 Å². The second-order valence-electron chi connectivity index (χ2n) is 4.47. The number of carbonyl (C=O) groups is 1. The molecule has 0 radical (unpaired) electrons. The number of ketones is 1. The fourth-order valence-electron chi connectivity index (χ4n) is 2.57. The van der Waals surface area contributed by atoms with Gasteiger partial charge in [0.2, 0.25) is 0 Å². The second-order valence-corrected chi connectivity index (χ2v) is 4.47. The molecule has 2 aromatic carbocycles. The summed E-state index contributed by atoms with van der Waals surface area (Å²) in [4.78, 5) is 11.9. The molecule has 0 heterocycles. The van der Waals surface area contributed by atoms with Crippen molar-refractivity contribution in [2.24, 2.45) is 0 Å². The average molecular weight is 222 g/mol. The Labute approximate surface area is 101 Å². The van der Waals surface area contributed by atoms with Crippen molar-refractivity contribution in [2.75, 3.05) is 0 Å². The number of hydrogen-bond acceptors (Lipinski definition) is 1. The molecule has 0 aliphatic heterocycles. The Morgan fingerprint density at radius 3 is 2.35 bits per heavy atom. The lowest BCUT2D eigenvalue weighted by molar-refractivity contribution is 0.0972. The highest BCUT2D eigenvalue weighted by Crippen LogP contribution is 2.31. The van der Waals surface area contributed by atoms with Gasteiger partial charge in [0.1, 0.15) is 0 Å². The Bertz CT molecular complexity index is 555. The maximum atomic E-state index is 11.9. The van der Waals surface area contributed by atoms with E-state index < -0.39 is 0 Å². The number of benzene rings is 2. The quantitative estimate of drug-likeness (QED) is 0.715. The molecular weight excluding hydrogens is 208 g/mol. The average Bonchev–Trinajstić information content (AvgIpc) is 2.40. The van der Waals surface area contributed by atoms with Crippen LogP contribution in [0, 0.1) is 0 Å². The molecule has 0 bridgehead atoms. The van der Waals surface area contributed by atoms with Gasteiger partial charge < -0.3 is 0 Å². The van der Waals surface area contributed by atoms with E-state index in [4.69, 9.17) is 0 Å². The van der Waals surface area contributed by atoms with Crippen molar-refractivity contribution in [1.82, 2.24) is 0 Å². The topological polar surface area (TPSA) is 17.1 Å². The van der Waals surface area contributed by atoms with E-state index in [0.29, 0.717) is 12.2 Å². The summed E-state index contributed by atoms with van der Waals surface area (Å²) in [6.45, 7) is 0. The van der Waals surface area contributed by atoms with Crippen LogP contribution in [0.3, 0.4) is 0 Å². The maximum absolute atomic E-state index is 11.9. The maximum Gasteiger partial charge on any atom is 0.163 e. The fraction of sp³-hybridized carbons (Fsp3) is 0.188. The number of fused-ring (bicyclic) bond motifs is 1. The molecule has 0 saturated heterocycles. The predicted molar refractivity (Wildman–Crippen MR) is 69.1 cm³/mol. The van der Waals surface area contributed by atoms with Gasteiger partial charge in [-0.1, -0.05) is 48.5 Å². The van der Waals surface area contributed by atoms with E-state index in [0.717, 1.165) is 18.4 Å². The Hall–Kier alpha value is -1.89. The molecule has 0 N–H and O–H groups in total. The van der Waals surface area contributed by atoms with Crippen LogP contribution in [0.5, 0.6) is 0 Å². The molecule has 17 heavy (non-hydrogen) atoms. The van der Waals surface area contributed by atoms with Crippen LogP contribution in [0.15, 0.2) is 48.5 Å². The van der Waals surface area contributed by atoms with Crippen LogP contribution in [-0.4, -0.2) is 5.78 Å². The van der Waals surface area contributed by atoms with Gasteiger partial charge in [-0.3, -0.25) is 4.79 Å². The lowest BCUT2D eigenvalue weighted by Gasteiger charge is -2.18. The molecule has 1 nitrogen and oxygen atoms in total. The van der Waals surface area contributed by atoms with Gasteiger partial charge >= 0.3 is 0 Å². The first-order valence-electron chi connectivity index (χ1n) is 6.07. The van der Waals surface area contributed by atoms with Crippen molar-refractivity contribution in [3.63, 3.8) is 0 Å². The van der Waals surface area contributed by atoms with Crippen LogP contribution in [0.4, 0.5) is 0 Å². The monoisotopic (exact) mass is 222 g/mol. The van der Waals surface area contributed by atoms with Crippen molar-refractivity contribution < 1.29 is 4.79 Å². The number of hydrogen-bond donors (Lipinski definition) is 0. The number of rotatable bonds is 1. The Kier molecular flexibility index (Phi) is 2.52. The third-order valence-corrected chi connectivity index (χ3v) is 3.39. The lowest BCUT2D eigenvalue weighted by atomic mass is 9.85. The summed E-state index contributed by atoms with van der Waals surface area (Å²) in [7, 11) is 0. The number of carbonyl (C=O) groups excluding carboxylic acids is 1. The van der Waals surface area contributed by atoms with Crippen LogP contribution in [0.2, 0.25) is 0 Å². The van der Waals surface area contributed by atoms with Gasteiger partial charge in [-0.2, -0.15) is 0 Å². The molecule has 0 unspecified atom stereocenters. The Morgan fingerprint density at radius 1 is 0.765 bits per heavy atom. The normalized spacial score (nSPS) is 14.5. The molecule has 0 spiro atoms. The molecule has 2 aromatic rings. The molecule has 1 aliphatic rings. The second kappa shape index (κ2) is 4.17. The van der Waals surface area contributed by atoms with Crippen molar-refractivity contribution >= 4 is 5.78 Å². The third-order valence-electron chi connectivity index (χ3n) is 3.39. The molecule has 0 saturated carbocycles. The molecule has 84 valence electrons. The van der Waals surface area contributed by atoms with Crippen molar-refractivity contribution in [1.29, 1.82) is 0 Å². The summed E-state index contributed by atoms with van der Waals surface area (Å²) < 4.78 is 0. The standard InChI is InChI=1S/C16H14O/c17-16-11-5-9-14-13(8-4-10-15(14)16)12-6-2-1-3-7-12/h1-4,6-8,10H,5,9,11H2. The van der Waals surface area contributed by atoms with Crippen LogP contribution < -0.4 is 0 Å². The van der Waals surface area contributed by atoms with Gasteiger partial charge in [-0.05, 0) is 29.5 Å². The summed E-state index contributed by atoms with van der Waals surface area (Å²) in [6, 6.07) is 16.4. The summed E-state index contributed by atoms with van der Waals surface area (Å²) >= 11 is 0. The van der Waals surface area contributed by atoms with Crippen molar-refractivity contribution in [3.8, 4) is 11.1 Å². The largest absolute Gasteiger partial charge is 0.294 e. The van der Waals surface area contributed by atoms with Gasteiger partial charge in [-0.25, -0.2) is 0 Å². The third kappa shape index (κ3) is 1.78. The molecule has 1 aliphatic carbocycles. The van der Waals surface area contributed by atoms with Crippen LogP contribution in [0.1, 0.15) is 28.8 Å². The molecule has 1 heteroatoms. The van der Waals surface area contributed by atoms with E-state index in [1.807, 2.05) is 30.3 Å². The van der Waals surface area contributed by atoms with E-state index in [1.165, 1.54) is 16.7 Å². The Balaban J connectivity index is 2.19. The highest BCUT2D eigenvalue weighted by atomic mass is 16.1. The minimum Gasteiger partial charge on any atom is -0.294 e. The molecule has 0 fully saturated rings. The first-order chi connectivity index (χ1) is 8.36. The summed E-state index contributed by atoms with van der Waals surface area (Å²) in [5, 5.41) is 0. The van der Waals surface area contributed by atoms with Gasteiger partial charge in [0.15, 0.2) is 5.78 Å². The predicted octanol–water partition coefficient (Wildman–Crippen LogP) is 3.87. The molecular formula is C16H14O. The zero-order valence-electron chi connectivity index (χ0n) is 9.65. The van der Waals surface area contributed by atoms with Gasteiger partial charge in [-0.15, -0.1) is 0 Å². The Morgan fingerprint density at radius 2 is 1.53 bits per heavy atom. The van der Waals surface area contributed by atoms with E-state index in [2.05, 4.69) is 18.2 Å². The van der Waals surface area contributed by atoms with E-state index in [-0.39, 0.29) is 0 Å².